The van der Waals surface area contributed by atoms with Crippen molar-refractivity contribution in [2.24, 2.45) is 0 Å². The highest BCUT2D eigenvalue weighted by Crippen LogP contribution is 2.18. The lowest BCUT2D eigenvalue weighted by atomic mass is 10.1. The smallest absolute Gasteiger partial charge is 0.251 e. The lowest BCUT2D eigenvalue weighted by Crippen LogP contribution is -2.42. The molecule has 4 nitrogen and oxygen atoms in total. The molecule has 2 heterocycles. The van der Waals surface area contributed by atoms with Crippen LogP contribution in [0.25, 0.3) is 0 Å². The van der Waals surface area contributed by atoms with Crippen LogP contribution in [-0.2, 0) is 9.53 Å². The van der Waals surface area contributed by atoms with Crippen LogP contribution in [0.1, 0.15) is 25.7 Å². The van der Waals surface area contributed by atoms with Crippen molar-refractivity contribution < 1.29 is 9.53 Å². The summed E-state index contributed by atoms with van der Waals surface area (Å²) in [6.45, 7) is 2.47. The van der Waals surface area contributed by atoms with Gasteiger partial charge in [-0.25, -0.2) is 0 Å². The van der Waals surface area contributed by atoms with Crippen LogP contribution >= 0.6 is 12.4 Å². The van der Waals surface area contributed by atoms with Gasteiger partial charge in [0.25, 0.3) is 5.91 Å². The molecule has 2 fully saturated rings. The summed E-state index contributed by atoms with van der Waals surface area (Å²) in [5.74, 6) is 0.201. The van der Waals surface area contributed by atoms with Crippen LogP contribution in [0.3, 0.4) is 0 Å². The van der Waals surface area contributed by atoms with Gasteiger partial charge in [-0.3, -0.25) is 4.79 Å². The SMILES string of the molecule is CNC1CCN(C(=O)C2CCCCO2)C1.Cl. The van der Waals surface area contributed by atoms with Crippen molar-refractivity contribution >= 4 is 18.3 Å². The van der Waals surface area contributed by atoms with Crippen molar-refractivity contribution in [1.29, 1.82) is 0 Å². The Bertz CT molecular complexity index is 232. The molecule has 0 aromatic heterocycles. The number of amides is 1. The molecule has 16 heavy (non-hydrogen) atoms. The first-order valence-corrected chi connectivity index (χ1v) is 5.89. The third-order valence-electron chi connectivity index (χ3n) is 3.36. The number of ether oxygens (including phenoxy) is 1. The fourth-order valence-electron chi connectivity index (χ4n) is 2.34. The Labute approximate surface area is 103 Å². The van der Waals surface area contributed by atoms with Crippen LogP contribution in [-0.4, -0.2) is 49.7 Å². The molecule has 2 aliphatic rings. The summed E-state index contributed by atoms with van der Waals surface area (Å²) in [4.78, 5) is 14.0. The monoisotopic (exact) mass is 248 g/mol. The van der Waals surface area contributed by atoms with Crippen LogP contribution in [0.15, 0.2) is 0 Å². The molecule has 5 heteroatoms. The molecule has 0 aromatic carbocycles. The van der Waals surface area contributed by atoms with E-state index < -0.39 is 0 Å². The van der Waals surface area contributed by atoms with Crippen LogP contribution in [0.2, 0.25) is 0 Å². The molecule has 2 saturated heterocycles. The van der Waals surface area contributed by atoms with E-state index in [9.17, 15) is 4.79 Å². The first-order valence-electron chi connectivity index (χ1n) is 5.89. The van der Waals surface area contributed by atoms with E-state index >= 15 is 0 Å². The van der Waals surface area contributed by atoms with Gasteiger partial charge < -0.3 is 15.0 Å². The van der Waals surface area contributed by atoms with Gasteiger partial charge in [-0.15, -0.1) is 12.4 Å². The molecule has 2 unspecified atom stereocenters. The van der Waals surface area contributed by atoms with Gasteiger partial charge in [0.05, 0.1) is 0 Å². The van der Waals surface area contributed by atoms with E-state index in [0.29, 0.717) is 6.04 Å². The molecule has 0 radical (unpaired) electrons. The summed E-state index contributed by atoms with van der Waals surface area (Å²) in [6.07, 6.45) is 4.03. The Hall–Kier alpha value is -0.320. The molecule has 0 aliphatic carbocycles. The maximum atomic E-state index is 12.0. The van der Waals surface area contributed by atoms with E-state index in [4.69, 9.17) is 4.74 Å². The zero-order valence-electron chi connectivity index (χ0n) is 9.78. The van der Waals surface area contributed by atoms with E-state index in [1.165, 1.54) is 0 Å². The second-order valence-corrected chi connectivity index (χ2v) is 4.41. The molecule has 0 aromatic rings. The Kier molecular flexibility index (Phi) is 5.52. The zero-order valence-corrected chi connectivity index (χ0v) is 10.6. The van der Waals surface area contributed by atoms with E-state index in [0.717, 1.165) is 45.4 Å². The van der Waals surface area contributed by atoms with Crippen molar-refractivity contribution in [2.45, 2.75) is 37.8 Å². The average Bonchev–Trinajstić information content (AvgIpc) is 2.78. The Balaban J connectivity index is 0.00000128. The standard InChI is InChI=1S/C11H20N2O2.ClH/c1-12-9-5-6-13(8-9)11(14)10-4-2-3-7-15-10;/h9-10,12H,2-8H2,1H3;1H. The molecule has 1 N–H and O–H groups in total. The molecule has 94 valence electrons. The van der Waals surface area contributed by atoms with Crippen molar-refractivity contribution in [3.05, 3.63) is 0 Å². The minimum atomic E-state index is -0.158. The number of likely N-dealkylation sites (N-methyl/N-ethyl adjacent to an activating group) is 1. The fraction of sp³-hybridized carbons (Fsp3) is 0.909. The maximum absolute atomic E-state index is 12.0. The van der Waals surface area contributed by atoms with Gasteiger partial charge in [0.1, 0.15) is 6.10 Å². The zero-order chi connectivity index (χ0) is 10.7. The second kappa shape index (κ2) is 6.42. The van der Waals surface area contributed by atoms with Gasteiger partial charge in [-0.1, -0.05) is 0 Å². The molecule has 0 saturated carbocycles. The van der Waals surface area contributed by atoms with Gasteiger partial charge in [-0.2, -0.15) is 0 Å². The third kappa shape index (κ3) is 3.09. The van der Waals surface area contributed by atoms with Gasteiger partial charge in [0.15, 0.2) is 0 Å². The molecule has 0 spiro atoms. The highest BCUT2D eigenvalue weighted by molar-refractivity contribution is 5.85. The molecular formula is C11H21ClN2O2. The summed E-state index contributed by atoms with van der Waals surface area (Å²) >= 11 is 0. The van der Waals surface area contributed by atoms with Crippen LogP contribution in [0.5, 0.6) is 0 Å². The van der Waals surface area contributed by atoms with Crippen molar-refractivity contribution in [1.82, 2.24) is 10.2 Å². The summed E-state index contributed by atoms with van der Waals surface area (Å²) in [6, 6.07) is 0.470. The normalized spacial score (nSPS) is 29.9. The topological polar surface area (TPSA) is 41.6 Å². The molecular weight excluding hydrogens is 228 g/mol. The Morgan fingerprint density at radius 2 is 2.19 bits per heavy atom. The highest BCUT2D eigenvalue weighted by atomic mass is 35.5. The van der Waals surface area contributed by atoms with Crippen LogP contribution in [0.4, 0.5) is 0 Å². The summed E-state index contributed by atoms with van der Waals surface area (Å²) < 4.78 is 5.51. The molecule has 2 aliphatic heterocycles. The van der Waals surface area contributed by atoms with Crippen molar-refractivity contribution in [2.75, 3.05) is 26.7 Å². The average molecular weight is 249 g/mol. The van der Waals surface area contributed by atoms with E-state index in [2.05, 4.69) is 5.32 Å². The van der Waals surface area contributed by atoms with Gasteiger partial charge in [-0.05, 0) is 32.7 Å². The maximum Gasteiger partial charge on any atom is 0.251 e. The lowest BCUT2D eigenvalue weighted by molar-refractivity contribution is -0.145. The lowest BCUT2D eigenvalue weighted by Gasteiger charge is -2.26. The summed E-state index contributed by atoms with van der Waals surface area (Å²) in [5.41, 5.74) is 0. The number of likely N-dealkylation sites (tertiary alicyclic amines) is 1. The van der Waals surface area contributed by atoms with Crippen molar-refractivity contribution in [3.63, 3.8) is 0 Å². The van der Waals surface area contributed by atoms with Gasteiger partial charge >= 0.3 is 0 Å². The number of hydrogen-bond acceptors (Lipinski definition) is 3. The Morgan fingerprint density at radius 3 is 2.75 bits per heavy atom. The number of nitrogens with one attached hydrogen (secondary N) is 1. The minimum absolute atomic E-state index is 0. The third-order valence-corrected chi connectivity index (χ3v) is 3.36. The van der Waals surface area contributed by atoms with E-state index in [-0.39, 0.29) is 24.4 Å². The quantitative estimate of drug-likeness (QED) is 0.786. The summed E-state index contributed by atoms with van der Waals surface area (Å²) in [7, 11) is 1.95. The van der Waals surface area contributed by atoms with E-state index in [1.807, 2.05) is 11.9 Å². The van der Waals surface area contributed by atoms with Crippen LogP contribution in [0, 0.1) is 0 Å². The minimum Gasteiger partial charge on any atom is -0.368 e. The first-order chi connectivity index (χ1) is 7.31. The first kappa shape index (κ1) is 13.7. The number of rotatable bonds is 2. The number of hydrogen-bond donors (Lipinski definition) is 1. The number of carbonyl (C=O) groups is 1. The molecule has 2 atom stereocenters. The van der Waals surface area contributed by atoms with Gasteiger partial charge in [0, 0.05) is 25.7 Å². The molecule has 0 bridgehead atoms. The second-order valence-electron chi connectivity index (χ2n) is 4.41. The van der Waals surface area contributed by atoms with E-state index in [1.54, 1.807) is 0 Å². The number of nitrogens with zero attached hydrogens (tertiary/aromatic N) is 1. The highest BCUT2D eigenvalue weighted by Gasteiger charge is 2.31. The molecule has 1 amide bonds. The predicted octanol–water partition coefficient (Wildman–Crippen LogP) is 0.798. The fourth-order valence-corrected chi connectivity index (χ4v) is 2.34. The van der Waals surface area contributed by atoms with Crippen molar-refractivity contribution in [3.8, 4) is 0 Å². The van der Waals surface area contributed by atoms with Gasteiger partial charge in [0.2, 0.25) is 0 Å². The summed E-state index contributed by atoms with van der Waals surface area (Å²) in [5, 5.41) is 3.22. The largest absolute Gasteiger partial charge is 0.368 e. The number of halogens is 1. The Morgan fingerprint density at radius 1 is 1.38 bits per heavy atom. The van der Waals surface area contributed by atoms with Crippen LogP contribution < -0.4 is 5.32 Å². The molecule has 2 rings (SSSR count). The predicted molar refractivity (Wildman–Crippen MR) is 64.9 cm³/mol. The number of carbonyl (C=O) groups excluding carboxylic acids is 1.